The molecule has 44 heavy (non-hydrogen) atoms. The van der Waals surface area contributed by atoms with Gasteiger partial charge in [0.2, 0.25) is 11.8 Å². The van der Waals surface area contributed by atoms with Gasteiger partial charge in [-0.2, -0.15) is 13.2 Å². The van der Waals surface area contributed by atoms with Crippen LogP contribution in [0.5, 0.6) is 0 Å². The number of pyridine rings is 2. The van der Waals surface area contributed by atoms with Crippen molar-refractivity contribution in [2.24, 2.45) is 0 Å². The number of methoxy groups -OCH3 is 1. The first kappa shape index (κ1) is 32.1. The molecule has 0 aliphatic heterocycles. The molecule has 10 heteroatoms. The van der Waals surface area contributed by atoms with E-state index >= 15 is 0 Å². The SMILES string of the molecule is COCCN(C)C(=O)C(Cc1ccccc1)N(Cc1ccc(-c2ccncc2)cc1)C(=O)C=Cc1ccc(C(F)(F)F)cn1. The Morgan fingerprint density at radius 1 is 0.909 bits per heavy atom. The van der Waals surface area contributed by atoms with Crippen molar-refractivity contribution in [1.29, 1.82) is 0 Å². The van der Waals surface area contributed by atoms with Crippen molar-refractivity contribution in [3.63, 3.8) is 0 Å². The quantitative estimate of drug-likeness (QED) is 0.188. The van der Waals surface area contributed by atoms with Crippen LogP contribution in [0.4, 0.5) is 13.2 Å². The van der Waals surface area contributed by atoms with Crippen LogP contribution in [-0.2, 0) is 33.5 Å². The molecule has 2 amide bonds. The number of ether oxygens (including phenoxy) is 1. The van der Waals surface area contributed by atoms with Gasteiger partial charge in [0.25, 0.3) is 0 Å². The third kappa shape index (κ3) is 8.84. The number of halogens is 3. The molecule has 0 aliphatic carbocycles. The number of alkyl halides is 3. The summed E-state index contributed by atoms with van der Waals surface area (Å²) < 4.78 is 44.1. The van der Waals surface area contributed by atoms with Crippen molar-refractivity contribution in [1.82, 2.24) is 19.8 Å². The molecule has 1 atom stereocenters. The number of carbonyl (C=O) groups is 2. The van der Waals surface area contributed by atoms with Gasteiger partial charge in [0, 0.05) is 58.3 Å². The van der Waals surface area contributed by atoms with Gasteiger partial charge in [-0.3, -0.25) is 19.6 Å². The maximum absolute atomic E-state index is 13.9. The van der Waals surface area contributed by atoms with E-state index in [1.54, 1.807) is 26.6 Å². The summed E-state index contributed by atoms with van der Waals surface area (Å²) in [6, 6.07) is 22.1. The van der Waals surface area contributed by atoms with E-state index in [4.69, 9.17) is 4.74 Å². The Morgan fingerprint density at radius 3 is 2.20 bits per heavy atom. The van der Waals surface area contributed by atoms with Crippen molar-refractivity contribution in [3.05, 3.63) is 126 Å². The lowest BCUT2D eigenvalue weighted by atomic mass is 10.0. The number of carbonyl (C=O) groups excluding carboxylic acids is 2. The average Bonchev–Trinajstić information content (AvgIpc) is 3.04. The summed E-state index contributed by atoms with van der Waals surface area (Å²) in [6.07, 6.45) is 2.46. The lowest BCUT2D eigenvalue weighted by Gasteiger charge is -2.33. The van der Waals surface area contributed by atoms with E-state index in [2.05, 4.69) is 9.97 Å². The fourth-order valence-corrected chi connectivity index (χ4v) is 4.57. The second kappa shape index (κ2) is 15.1. The minimum Gasteiger partial charge on any atom is -0.383 e. The molecule has 1 unspecified atom stereocenters. The number of rotatable bonds is 12. The molecule has 0 radical (unpaired) electrons. The smallest absolute Gasteiger partial charge is 0.383 e. The van der Waals surface area contributed by atoms with Gasteiger partial charge < -0.3 is 14.5 Å². The molecule has 2 aromatic carbocycles. The van der Waals surface area contributed by atoms with E-state index in [9.17, 15) is 22.8 Å². The van der Waals surface area contributed by atoms with Gasteiger partial charge in [0.15, 0.2) is 0 Å². The Balaban J connectivity index is 1.67. The highest BCUT2D eigenvalue weighted by Gasteiger charge is 2.32. The van der Waals surface area contributed by atoms with Gasteiger partial charge >= 0.3 is 6.18 Å². The Morgan fingerprint density at radius 2 is 1.59 bits per heavy atom. The molecule has 228 valence electrons. The molecule has 4 aromatic rings. The van der Waals surface area contributed by atoms with Gasteiger partial charge in [-0.1, -0.05) is 54.6 Å². The summed E-state index contributed by atoms with van der Waals surface area (Å²) in [4.78, 5) is 38.6. The molecule has 0 fully saturated rings. The van der Waals surface area contributed by atoms with Crippen molar-refractivity contribution in [2.45, 2.75) is 25.2 Å². The Hall–Kier alpha value is -4.83. The predicted molar refractivity (Wildman–Crippen MR) is 162 cm³/mol. The van der Waals surface area contributed by atoms with Crippen LogP contribution in [0.3, 0.4) is 0 Å². The van der Waals surface area contributed by atoms with Crippen LogP contribution in [0.2, 0.25) is 0 Å². The summed E-state index contributed by atoms with van der Waals surface area (Å²) in [5, 5.41) is 0. The van der Waals surface area contributed by atoms with Gasteiger partial charge in [-0.05, 0) is 52.6 Å². The zero-order valence-electron chi connectivity index (χ0n) is 24.4. The summed E-state index contributed by atoms with van der Waals surface area (Å²) in [5.41, 5.74) is 2.91. The number of aromatic nitrogens is 2. The van der Waals surface area contributed by atoms with E-state index < -0.39 is 23.7 Å². The summed E-state index contributed by atoms with van der Waals surface area (Å²) in [6.45, 7) is 0.764. The van der Waals surface area contributed by atoms with Gasteiger partial charge in [-0.15, -0.1) is 0 Å². The van der Waals surface area contributed by atoms with E-state index in [-0.39, 0.29) is 24.6 Å². The van der Waals surface area contributed by atoms with Crippen molar-refractivity contribution in [2.75, 3.05) is 27.3 Å². The largest absolute Gasteiger partial charge is 0.417 e. The van der Waals surface area contributed by atoms with Crippen LogP contribution in [0.25, 0.3) is 17.2 Å². The van der Waals surface area contributed by atoms with Crippen molar-refractivity contribution < 1.29 is 27.5 Å². The fourth-order valence-electron chi connectivity index (χ4n) is 4.57. The summed E-state index contributed by atoms with van der Waals surface area (Å²) in [5.74, 6) is -0.756. The number of amides is 2. The number of likely N-dealkylation sites (N-methyl/N-ethyl adjacent to an activating group) is 1. The number of hydrogen-bond acceptors (Lipinski definition) is 5. The molecule has 0 N–H and O–H groups in total. The highest BCUT2D eigenvalue weighted by molar-refractivity contribution is 5.95. The highest BCUT2D eigenvalue weighted by Crippen LogP contribution is 2.28. The van der Waals surface area contributed by atoms with E-state index in [0.29, 0.717) is 13.2 Å². The first-order valence-electron chi connectivity index (χ1n) is 13.9. The lowest BCUT2D eigenvalue weighted by Crippen LogP contribution is -2.51. The molecule has 0 bridgehead atoms. The topological polar surface area (TPSA) is 75.6 Å². The third-order valence-corrected chi connectivity index (χ3v) is 7.05. The first-order valence-corrected chi connectivity index (χ1v) is 13.9. The zero-order chi connectivity index (χ0) is 31.5. The second-order valence-electron chi connectivity index (χ2n) is 10.2. The normalized spacial score (nSPS) is 12.2. The highest BCUT2D eigenvalue weighted by atomic mass is 19.4. The first-order chi connectivity index (χ1) is 21.2. The number of hydrogen-bond donors (Lipinski definition) is 0. The third-order valence-electron chi connectivity index (χ3n) is 7.05. The predicted octanol–water partition coefficient (Wildman–Crippen LogP) is 5.92. The van der Waals surface area contributed by atoms with Crippen LogP contribution in [0, 0.1) is 0 Å². The van der Waals surface area contributed by atoms with Gasteiger partial charge in [-0.25, -0.2) is 0 Å². The summed E-state index contributed by atoms with van der Waals surface area (Å²) >= 11 is 0. The van der Waals surface area contributed by atoms with E-state index in [1.807, 2.05) is 66.7 Å². The summed E-state index contributed by atoms with van der Waals surface area (Å²) in [7, 11) is 3.21. The zero-order valence-corrected chi connectivity index (χ0v) is 24.4. The maximum atomic E-state index is 13.9. The molecular weight excluding hydrogens is 569 g/mol. The Labute approximate surface area is 254 Å². The number of nitrogens with zero attached hydrogens (tertiary/aromatic N) is 4. The lowest BCUT2D eigenvalue weighted by molar-refractivity contribution is -0.143. The average molecular weight is 603 g/mol. The van der Waals surface area contributed by atoms with Crippen molar-refractivity contribution in [3.8, 4) is 11.1 Å². The minimum absolute atomic E-state index is 0.113. The van der Waals surface area contributed by atoms with Crippen molar-refractivity contribution >= 4 is 17.9 Å². The Kier molecular flexibility index (Phi) is 11.0. The number of benzene rings is 2. The molecule has 7 nitrogen and oxygen atoms in total. The fraction of sp³-hybridized carbons (Fsp3) is 0.235. The van der Waals surface area contributed by atoms with Crippen LogP contribution in [0.15, 0.2) is 104 Å². The molecule has 0 spiro atoms. The minimum atomic E-state index is -4.52. The standard InChI is InChI=1S/C34H33F3N4O3/c1-40(20-21-44-2)33(43)31(22-25-6-4-3-5-7-25)41(24-26-8-10-27(11-9-26)28-16-18-38-19-17-28)32(42)15-14-30-13-12-29(23-39-30)34(35,36)37/h3-19,23,31H,20-22,24H2,1-2H3. The van der Waals surface area contributed by atoms with Gasteiger partial charge in [0.05, 0.1) is 17.9 Å². The molecule has 2 aromatic heterocycles. The van der Waals surface area contributed by atoms with Crippen LogP contribution >= 0.6 is 0 Å². The van der Waals surface area contributed by atoms with E-state index in [1.165, 1.54) is 28.0 Å². The van der Waals surface area contributed by atoms with Crippen LogP contribution in [0.1, 0.15) is 22.4 Å². The molecule has 4 rings (SSSR count). The van der Waals surface area contributed by atoms with E-state index in [0.717, 1.165) is 34.5 Å². The molecule has 0 aliphatic rings. The molecule has 0 saturated carbocycles. The van der Waals surface area contributed by atoms with Crippen LogP contribution < -0.4 is 0 Å². The van der Waals surface area contributed by atoms with Crippen LogP contribution in [-0.4, -0.2) is 64.9 Å². The second-order valence-corrected chi connectivity index (χ2v) is 10.2. The van der Waals surface area contributed by atoms with Gasteiger partial charge in [0.1, 0.15) is 6.04 Å². The molecule has 0 saturated heterocycles. The maximum Gasteiger partial charge on any atom is 0.417 e. The molecular formula is C34H33F3N4O3. The monoisotopic (exact) mass is 602 g/mol. The Bertz CT molecular complexity index is 1530. The molecule has 2 heterocycles.